The minimum absolute atomic E-state index is 0.0261. The number of hydrogen-bond donors (Lipinski definition) is 1. The summed E-state index contributed by atoms with van der Waals surface area (Å²) in [5, 5.41) is 13.7. The Morgan fingerprint density at radius 1 is 1.36 bits per heavy atom. The molecule has 1 aromatic rings. The first-order valence-electron chi connectivity index (χ1n) is 8.25. The van der Waals surface area contributed by atoms with Gasteiger partial charge in [0.15, 0.2) is 6.10 Å². The second-order valence-corrected chi connectivity index (χ2v) is 6.75. The van der Waals surface area contributed by atoms with Crippen LogP contribution in [0.4, 0.5) is 5.69 Å². The van der Waals surface area contributed by atoms with Crippen LogP contribution >= 0.6 is 11.6 Å². The van der Waals surface area contributed by atoms with E-state index in [0.717, 1.165) is 31.7 Å². The first kappa shape index (κ1) is 19.2. The molecule has 7 nitrogen and oxygen atoms in total. The number of carbonyl (C=O) groups excluding carboxylic acids is 2. The molecule has 1 saturated carbocycles. The summed E-state index contributed by atoms with van der Waals surface area (Å²) in [5.41, 5.74) is -0.411. The fourth-order valence-corrected chi connectivity index (χ4v) is 3.08. The van der Waals surface area contributed by atoms with E-state index in [1.54, 1.807) is 0 Å². The average molecular weight is 369 g/mol. The van der Waals surface area contributed by atoms with Crippen molar-refractivity contribution in [1.29, 1.82) is 0 Å². The molecular formula is C17H21ClN2O5. The number of carbonyl (C=O) groups is 2. The van der Waals surface area contributed by atoms with Gasteiger partial charge < -0.3 is 10.1 Å². The Hall–Kier alpha value is -2.15. The van der Waals surface area contributed by atoms with Gasteiger partial charge in [-0.1, -0.05) is 31.4 Å². The van der Waals surface area contributed by atoms with Crippen LogP contribution in [0.1, 0.15) is 49.9 Å². The number of nitro groups is 1. The number of esters is 1. The van der Waals surface area contributed by atoms with Gasteiger partial charge in [-0.2, -0.15) is 0 Å². The maximum absolute atomic E-state index is 12.2. The molecular weight excluding hydrogens is 348 g/mol. The molecule has 0 unspecified atom stereocenters. The fourth-order valence-electron chi connectivity index (χ4n) is 2.89. The molecule has 0 aromatic heterocycles. The van der Waals surface area contributed by atoms with E-state index in [4.69, 9.17) is 16.3 Å². The molecule has 1 N–H and O–H groups in total. The van der Waals surface area contributed by atoms with E-state index in [1.807, 2.05) is 0 Å². The third kappa shape index (κ3) is 4.92. The van der Waals surface area contributed by atoms with Gasteiger partial charge in [-0.3, -0.25) is 14.9 Å². The maximum atomic E-state index is 12.2. The van der Waals surface area contributed by atoms with Gasteiger partial charge in [0.2, 0.25) is 0 Å². The van der Waals surface area contributed by atoms with Crippen molar-refractivity contribution in [3.05, 3.63) is 38.9 Å². The zero-order valence-electron chi connectivity index (χ0n) is 14.2. The van der Waals surface area contributed by atoms with Gasteiger partial charge in [-0.15, -0.1) is 0 Å². The van der Waals surface area contributed by atoms with E-state index in [9.17, 15) is 19.7 Å². The smallest absolute Gasteiger partial charge is 0.339 e. The summed E-state index contributed by atoms with van der Waals surface area (Å²) in [7, 11) is 0. The van der Waals surface area contributed by atoms with Gasteiger partial charge in [0, 0.05) is 12.1 Å². The first-order valence-corrected chi connectivity index (χ1v) is 8.62. The van der Waals surface area contributed by atoms with E-state index < -0.39 is 17.0 Å². The molecule has 136 valence electrons. The highest BCUT2D eigenvalue weighted by Gasteiger charge is 2.27. The number of rotatable bonds is 5. The van der Waals surface area contributed by atoms with Crippen molar-refractivity contribution in [3.8, 4) is 0 Å². The van der Waals surface area contributed by atoms with Crippen LogP contribution in [0.5, 0.6) is 0 Å². The Labute approximate surface area is 150 Å². The lowest BCUT2D eigenvalue weighted by Gasteiger charge is -2.30. The molecule has 0 bridgehead atoms. The Morgan fingerprint density at radius 2 is 2.04 bits per heavy atom. The molecule has 8 heteroatoms. The van der Waals surface area contributed by atoms with Crippen molar-refractivity contribution in [2.24, 2.45) is 5.92 Å². The van der Waals surface area contributed by atoms with Crippen LogP contribution in [-0.2, 0) is 9.53 Å². The Bertz CT molecular complexity index is 679. The predicted octanol–water partition coefficient (Wildman–Crippen LogP) is 3.49. The molecule has 0 spiro atoms. The highest BCUT2D eigenvalue weighted by Crippen LogP contribution is 2.26. The lowest BCUT2D eigenvalue weighted by molar-refractivity contribution is -0.384. The minimum Gasteiger partial charge on any atom is -0.449 e. The molecule has 1 aliphatic rings. The lowest BCUT2D eigenvalue weighted by atomic mass is 9.86. The summed E-state index contributed by atoms with van der Waals surface area (Å²) in [6.45, 7) is 3.57. The van der Waals surface area contributed by atoms with E-state index >= 15 is 0 Å². The normalized spacial score (nSPS) is 21.2. The molecule has 0 heterocycles. The molecule has 0 saturated heterocycles. The number of nitrogens with zero attached hydrogens (tertiary/aromatic N) is 1. The Morgan fingerprint density at radius 3 is 2.68 bits per heavy atom. The highest BCUT2D eigenvalue weighted by atomic mass is 35.5. The molecule has 3 atom stereocenters. The second kappa shape index (κ2) is 8.29. The summed E-state index contributed by atoms with van der Waals surface area (Å²) < 4.78 is 5.13. The highest BCUT2D eigenvalue weighted by molar-refractivity contribution is 6.32. The van der Waals surface area contributed by atoms with Crippen LogP contribution < -0.4 is 5.32 Å². The minimum atomic E-state index is -0.989. The average Bonchev–Trinajstić information content (AvgIpc) is 2.56. The summed E-state index contributed by atoms with van der Waals surface area (Å²) >= 11 is 5.72. The molecule has 1 aliphatic carbocycles. The molecule has 0 radical (unpaired) electrons. The van der Waals surface area contributed by atoms with E-state index in [-0.39, 0.29) is 28.2 Å². The van der Waals surface area contributed by atoms with Crippen LogP contribution in [0.3, 0.4) is 0 Å². The van der Waals surface area contributed by atoms with Gasteiger partial charge >= 0.3 is 5.97 Å². The van der Waals surface area contributed by atoms with Crippen molar-refractivity contribution < 1.29 is 19.2 Å². The summed E-state index contributed by atoms with van der Waals surface area (Å²) in [6.07, 6.45) is 3.21. The van der Waals surface area contributed by atoms with Crippen molar-refractivity contribution in [1.82, 2.24) is 5.32 Å². The molecule has 1 amide bonds. The lowest BCUT2D eigenvalue weighted by Crippen LogP contribution is -2.45. The number of halogens is 1. The van der Waals surface area contributed by atoms with Crippen molar-refractivity contribution in [3.63, 3.8) is 0 Å². The van der Waals surface area contributed by atoms with Gasteiger partial charge in [-0.25, -0.2) is 4.79 Å². The third-order valence-corrected chi connectivity index (χ3v) is 4.79. The Kier molecular flexibility index (Phi) is 6.36. The van der Waals surface area contributed by atoms with Crippen molar-refractivity contribution in [2.75, 3.05) is 0 Å². The summed E-state index contributed by atoms with van der Waals surface area (Å²) in [6, 6.07) is 3.70. The number of nitro benzene ring substituents is 1. The molecule has 25 heavy (non-hydrogen) atoms. The van der Waals surface area contributed by atoms with Crippen molar-refractivity contribution >= 4 is 29.2 Å². The number of benzene rings is 1. The van der Waals surface area contributed by atoms with Gasteiger partial charge in [0.1, 0.15) is 5.02 Å². The van der Waals surface area contributed by atoms with Crippen LogP contribution in [0, 0.1) is 16.0 Å². The first-order chi connectivity index (χ1) is 11.8. The maximum Gasteiger partial charge on any atom is 0.339 e. The van der Waals surface area contributed by atoms with E-state index in [1.165, 1.54) is 19.1 Å². The quantitative estimate of drug-likeness (QED) is 0.487. The standard InChI is InChI=1S/C17H21ClN2O5/c1-10-5-3-4-6-14(10)19-16(21)11(2)25-17(22)12-7-8-13(18)15(9-12)20(23)24/h7-11,14H,3-6H2,1-2H3,(H,19,21)/t10-,11+,14-/m0/s1. The predicted molar refractivity (Wildman–Crippen MR) is 92.5 cm³/mol. The van der Waals surface area contributed by atoms with Crippen LogP contribution in [0.15, 0.2) is 18.2 Å². The second-order valence-electron chi connectivity index (χ2n) is 6.35. The Balaban J connectivity index is 1.98. The zero-order valence-corrected chi connectivity index (χ0v) is 14.9. The summed E-state index contributed by atoms with van der Waals surface area (Å²) in [4.78, 5) is 34.6. The third-order valence-electron chi connectivity index (χ3n) is 4.47. The molecule has 1 aromatic carbocycles. The van der Waals surface area contributed by atoms with Crippen LogP contribution in [0.25, 0.3) is 0 Å². The van der Waals surface area contributed by atoms with Gasteiger partial charge in [0.05, 0.1) is 10.5 Å². The topological polar surface area (TPSA) is 98.5 Å². The van der Waals surface area contributed by atoms with E-state index in [0.29, 0.717) is 5.92 Å². The van der Waals surface area contributed by atoms with Gasteiger partial charge in [-0.05, 0) is 37.8 Å². The summed E-state index contributed by atoms with van der Waals surface area (Å²) in [5.74, 6) is -0.783. The largest absolute Gasteiger partial charge is 0.449 e. The molecule has 2 rings (SSSR count). The number of amides is 1. The van der Waals surface area contributed by atoms with Crippen LogP contribution in [-0.4, -0.2) is 28.9 Å². The molecule has 1 fully saturated rings. The SMILES string of the molecule is C[C@@H](OC(=O)c1ccc(Cl)c([N+](=O)[O-])c1)C(=O)N[C@H]1CCCC[C@@H]1C. The zero-order chi connectivity index (χ0) is 18.6. The number of hydrogen-bond acceptors (Lipinski definition) is 5. The molecule has 0 aliphatic heterocycles. The van der Waals surface area contributed by atoms with Gasteiger partial charge in [0.25, 0.3) is 11.6 Å². The van der Waals surface area contributed by atoms with Crippen molar-refractivity contribution in [2.45, 2.75) is 51.7 Å². The number of nitrogens with one attached hydrogen (secondary N) is 1. The van der Waals surface area contributed by atoms with Crippen LogP contribution in [0.2, 0.25) is 5.02 Å². The monoisotopic (exact) mass is 368 g/mol. The number of ether oxygens (including phenoxy) is 1. The van der Waals surface area contributed by atoms with E-state index in [2.05, 4.69) is 12.2 Å². The fraction of sp³-hybridized carbons (Fsp3) is 0.529.